The summed E-state index contributed by atoms with van der Waals surface area (Å²) in [6, 6.07) is 13.8. The first-order chi connectivity index (χ1) is 12.1. The van der Waals surface area contributed by atoms with E-state index in [1.54, 1.807) is 12.1 Å². The molecule has 2 N–H and O–H groups in total. The average Bonchev–Trinajstić information content (AvgIpc) is 2.62. The van der Waals surface area contributed by atoms with Crippen LogP contribution in [-0.2, 0) is 11.4 Å². The lowest BCUT2D eigenvalue weighted by atomic mass is 10.1. The van der Waals surface area contributed by atoms with Gasteiger partial charge in [-0.05, 0) is 62.3 Å². The quantitative estimate of drug-likeness (QED) is 0.684. The predicted octanol–water partition coefficient (Wildman–Crippen LogP) is 3.58. The van der Waals surface area contributed by atoms with E-state index in [-0.39, 0.29) is 17.8 Å². The molecule has 2 aromatic rings. The van der Waals surface area contributed by atoms with Crippen molar-refractivity contribution in [1.29, 1.82) is 0 Å². The Labute approximate surface area is 148 Å². The largest absolute Gasteiger partial charge is 0.489 e. The highest BCUT2D eigenvalue weighted by atomic mass is 19.1. The van der Waals surface area contributed by atoms with Gasteiger partial charge in [0.05, 0.1) is 6.04 Å². The molecule has 5 heteroatoms. The van der Waals surface area contributed by atoms with Crippen LogP contribution in [0.2, 0.25) is 0 Å². The van der Waals surface area contributed by atoms with E-state index < -0.39 is 0 Å². The van der Waals surface area contributed by atoms with Gasteiger partial charge in [-0.2, -0.15) is 0 Å². The number of carbonyl (C=O) groups excluding carboxylic acids is 1. The van der Waals surface area contributed by atoms with Gasteiger partial charge < -0.3 is 15.4 Å². The third-order valence-corrected chi connectivity index (χ3v) is 3.91. The van der Waals surface area contributed by atoms with Gasteiger partial charge in [0.1, 0.15) is 18.2 Å². The molecule has 0 saturated heterocycles. The van der Waals surface area contributed by atoms with Crippen molar-refractivity contribution in [1.82, 2.24) is 10.6 Å². The Morgan fingerprint density at radius 3 is 2.44 bits per heavy atom. The van der Waals surface area contributed by atoms with Crippen molar-refractivity contribution in [3.63, 3.8) is 0 Å². The fraction of sp³-hybridized carbons (Fsp3) is 0.350. The zero-order chi connectivity index (χ0) is 18.1. The second-order valence-corrected chi connectivity index (χ2v) is 5.98. The molecule has 2 rings (SSSR count). The highest BCUT2D eigenvalue weighted by molar-refractivity contribution is 5.76. The van der Waals surface area contributed by atoms with Gasteiger partial charge in [0.15, 0.2) is 0 Å². The highest BCUT2D eigenvalue weighted by Gasteiger charge is 2.09. The zero-order valence-corrected chi connectivity index (χ0v) is 14.7. The van der Waals surface area contributed by atoms with E-state index in [2.05, 4.69) is 10.6 Å². The number of ether oxygens (including phenoxy) is 1. The molecule has 0 saturated carbocycles. The van der Waals surface area contributed by atoms with Gasteiger partial charge in [0.25, 0.3) is 0 Å². The molecule has 1 amide bonds. The average molecular weight is 344 g/mol. The molecule has 0 fully saturated rings. The minimum atomic E-state index is -0.255. The number of hydrogen-bond donors (Lipinski definition) is 2. The van der Waals surface area contributed by atoms with E-state index in [0.717, 1.165) is 29.8 Å². The Bertz CT molecular complexity index is 656. The smallest absolute Gasteiger partial charge is 0.220 e. The lowest BCUT2D eigenvalue weighted by Gasteiger charge is -2.15. The molecule has 25 heavy (non-hydrogen) atoms. The van der Waals surface area contributed by atoms with E-state index >= 15 is 0 Å². The fourth-order valence-electron chi connectivity index (χ4n) is 2.42. The maximum atomic E-state index is 12.9. The molecule has 0 aliphatic rings. The van der Waals surface area contributed by atoms with Gasteiger partial charge in [-0.15, -0.1) is 0 Å². The molecular formula is C20H25FN2O2. The maximum absolute atomic E-state index is 12.9. The van der Waals surface area contributed by atoms with Crippen LogP contribution in [0.1, 0.15) is 36.9 Å². The molecule has 0 aromatic heterocycles. The number of rotatable bonds is 9. The summed E-state index contributed by atoms with van der Waals surface area (Å²) >= 11 is 0. The Hall–Kier alpha value is -2.40. The molecule has 0 radical (unpaired) electrons. The molecule has 0 spiro atoms. The minimum Gasteiger partial charge on any atom is -0.489 e. The van der Waals surface area contributed by atoms with Gasteiger partial charge in [-0.3, -0.25) is 4.79 Å². The van der Waals surface area contributed by atoms with Crippen molar-refractivity contribution in [3.8, 4) is 5.75 Å². The second kappa shape index (κ2) is 9.79. The van der Waals surface area contributed by atoms with Crippen molar-refractivity contribution in [2.24, 2.45) is 0 Å². The number of nitrogens with one attached hydrogen (secondary N) is 2. The van der Waals surface area contributed by atoms with E-state index in [1.807, 2.05) is 38.2 Å². The summed E-state index contributed by atoms with van der Waals surface area (Å²) in [7, 11) is 1.88. The third kappa shape index (κ3) is 6.55. The van der Waals surface area contributed by atoms with Crippen molar-refractivity contribution in [2.75, 3.05) is 13.6 Å². The summed E-state index contributed by atoms with van der Waals surface area (Å²) in [6.07, 6.45) is 1.34. The van der Waals surface area contributed by atoms with Gasteiger partial charge in [0.2, 0.25) is 5.91 Å². The van der Waals surface area contributed by atoms with Crippen molar-refractivity contribution in [3.05, 3.63) is 65.5 Å². The number of benzene rings is 2. The van der Waals surface area contributed by atoms with Crippen LogP contribution in [0.25, 0.3) is 0 Å². The molecular weight excluding hydrogens is 319 g/mol. The monoisotopic (exact) mass is 344 g/mol. The van der Waals surface area contributed by atoms with Crippen LogP contribution in [0, 0.1) is 5.82 Å². The van der Waals surface area contributed by atoms with Gasteiger partial charge in [0, 0.05) is 6.42 Å². The Balaban J connectivity index is 1.82. The van der Waals surface area contributed by atoms with Crippen LogP contribution in [0.3, 0.4) is 0 Å². The topological polar surface area (TPSA) is 50.4 Å². The number of amides is 1. The fourth-order valence-corrected chi connectivity index (χ4v) is 2.42. The molecule has 4 nitrogen and oxygen atoms in total. The summed E-state index contributed by atoms with van der Waals surface area (Å²) in [5.74, 6) is 0.537. The normalized spacial score (nSPS) is 11.8. The molecule has 2 aromatic carbocycles. The SMILES string of the molecule is CNCCCC(=O)NC(C)c1ccc(OCc2ccc(F)cc2)cc1. The van der Waals surface area contributed by atoms with Gasteiger partial charge >= 0.3 is 0 Å². The lowest BCUT2D eigenvalue weighted by Crippen LogP contribution is -2.27. The van der Waals surface area contributed by atoms with Crippen LogP contribution in [0.4, 0.5) is 4.39 Å². The molecule has 0 aliphatic heterocycles. The summed E-state index contributed by atoms with van der Waals surface area (Å²) in [6.45, 7) is 3.18. The van der Waals surface area contributed by atoms with Crippen LogP contribution in [-0.4, -0.2) is 19.5 Å². The maximum Gasteiger partial charge on any atom is 0.220 e. The first kappa shape index (κ1) is 18.9. The van der Waals surface area contributed by atoms with Crippen LogP contribution in [0.15, 0.2) is 48.5 Å². The lowest BCUT2D eigenvalue weighted by molar-refractivity contribution is -0.121. The van der Waals surface area contributed by atoms with Gasteiger partial charge in [-0.1, -0.05) is 24.3 Å². The predicted molar refractivity (Wildman–Crippen MR) is 96.9 cm³/mol. The zero-order valence-electron chi connectivity index (χ0n) is 14.7. The number of halogens is 1. The van der Waals surface area contributed by atoms with Gasteiger partial charge in [-0.25, -0.2) is 4.39 Å². The molecule has 0 heterocycles. The van der Waals surface area contributed by atoms with E-state index in [1.165, 1.54) is 12.1 Å². The number of carbonyl (C=O) groups is 1. The highest BCUT2D eigenvalue weighted by Crippen LogP contribution is 2.19. The molecule has 134 valence electrons. The van der Waals surface area contributed by atoms with Crippen molar-refractivity contribution < 1.29 is 13.9 Å². The second-order valence-electron chi connectivity index (χ2n) is 5.98. The van der Waals surface area contributed by atoms with Crippen LogP contribution in [0.5, 0.6) is 5.75 Å². The molecule has 1 unspecified atom stereocenters. The molecule has 0 aliphatic carbocycles. The minimum absolute atomic E-state index is 0.0479. The van der Waals surface area contributed by atoms with Crippen LogP contribution >= 0.6 is 0 Å². The van der Waals surface area contributed by atoms with E-state index in [0.29, 0.717) is 13.0 Å². The standard InChI is InChI=1S/C20H25FN2O2/c1-15(23-20(24)4-3-13-22-2)17-7-11-19(12-8-17)25-14-16-5-9-18(21)10-6-16/h5-12,15,22H,3-4,13-14H2,1-2H3,(H,23,24). The first-order valence-electron chi connectivity index (χ1n) is 8.49. The van der Waals surface area contributed by atoms with E-state index in [9.17, 15) is 9.18 Å². The first-order valence-corrected chi connectivity index (χ1v) is 8.49. The molecule has 1 atom stereocenters. The summed E-state index contributed by atoms with van der Waals surface area (Å²) in [5.41, 5.74) is 1.93. The Kier molecular flexibility index (Phi) is 7.41. The number of hydrogen-bond acceptors (Lipinski definition) is 3. The summed E-state index contributed by atoms with van der Waals surface area (Å²) in [4.78, 5) is 11.9. The summed E-state index contributed by atoms with van der Waals surface area (Å²) < 4.78 is 18.6. The van der Waals surface area contributed by atoms with E-state index in [4.69, 9.17) is 4.74 Å². The third-order valence-electron chi connectivity index (χ3n) is 3.91. The van der Waals surface area contributed by atoms with Crippen molar-refractivity contribution >= 4 is 5.91 Å². The molecule has 0 bridgehead atoms. The Morgan fingerprint density at radius 1 is 1.12 bits per heavy atom. The Morgan fingerprint density at radius 2 is 1.80 bits per heavy atom. The van der Waals surface area contributed by atoms with Crippen LogP contribution < -0.4 is 15.4 Å². The van der Waals surface area contributed by atoms with Crippen molar-refractivity contribution in [2.45, 2.75) is 32.4 Å². The summed E-state index contributed by atoms with van der Waals surface area (Å²) in [5, 5.41) is 6.02.